The van der Waals surface area contributed by atoms with Gasteiger partial charge >= 0.3 is 0 Å². The van der Waals surface area contributed by atoms with E-state index in [0.717, 1.165) is 78.2 Å². The summed E-state index contributed by atoms with van der Waals surface area (Å²) in [6.45, 7) is 14.2. The van der Waals surface area contributed by atoms with Crippen molar-refractivity contribution in [3.05, 3.63) is 196 Å². The predicted octanol–water partition coefficient (Wildman–Crippen LogP) is 28.5. The largest absolute Gasteiger partial charge is 0.493 e. The molecule has 548 valence electrons. The molecule has 0 radical (unpaired) electrons. The summed E-state index contributed by atoms with van der Waals surface area (Å²) in [5.41, 5.74) is 31.1. The Morgan fingerprint density at radius 3 is 0.952 bits per heavy atom. The lowest BCUT2D eigenvalue weighted by Crippen LogP contribution is -2.26. The number of ketones is 2. The monoisotopic (exact) mass is 1420 g/mol. The molecule has 0 heterocycles. The maximum Gasteiger partial charge on any atom is 0.197 e. The number of rotatable bonds is 30. The number of benzene rings is 8. The van der Waals surface area contributed by atoms with E-state index in [-0.39, 0.29) is 22.7 Å². The third-order valence-corrected chi connectivity index (χ3v) is 27.6. The van der Waals surface area contributed by atoms with Crippen molar-refractivity contribution in [3.8, 4) is 50.3 Å². The molecular weight excluding hydrogens is 1310 g/mol. The number of carbonyl (C=O) groups is 2. The Bertz CT molecular complexity index is 4120. The van der Waals surface area contributed by atoms with Gasteiger partial charge in [-0.05, 0) is 261 Å². The topological polar surface area (TPSA) is 95.4 Å². The normalized spacial score (nSPS) is 21.2. The number of nitrogens with two attached hydrogens (primary N) is 2. The summed E-state index contributed by atoms with van der Waals surface area (Å²) in [6, 6.07) is 53.5. The lowest BCUT2D eigenvalue weighted by atomic mass is 9.76. The highest BCUT2D eigenvalue weighted by Gasteiger charge is 2.40. The molecule has 0 saturated heterocycles. The zero-order chi connectivity index (χ0) is 72.1. The van der Waals surface area contributed by atoms with Gasteiger partial charge in [0.25, 0.3) is 0 Å². The molecule has 8 aromatic carbocycles. The molecule has 0 spiro atoms. The average molecular weight is 1430 g/mol. The Labute approximate surface area is 634 Å². The lowest BCUT2D eigenvalue weighted by molar-refractivity contribution is 0.0976. The second-order valence-corrected chi connectivity index (χ2v) is 35.0. The van der Waals surface area contributed by atoms with E-state index in [1.54, 1.807) is 0 Å². The summed E-state index contributed by atoms with van der Waals surface area (Å²) in [5, 5.41) is 0. The molecule has 4 saturated carbocycles. The van der Waals surface area contributed by atoms with Crippen molar-refractivity contribution in [2.75, 3.05) is 18.1 Å². The molecule has 5 aliphatic rings. The molecule has 0 atom stereocenters. The van der Waals surface area contributed by atoms with Crippen LogP contribution < -0.4 is 16.2 Å². The highest BCUT2D eigenvalue weighted by molar-refractivity contribution is 7.99. The highest BCUT2D eigenvalue weighted by atomic mass is 32.2. The van der Waals surface area contributed by atoms with Gasteiger partial charge in [-0.1, -0.05) is 264 Å². The van der Waals surface area contributed by atoms with Gasteiger partial charge in [0, 0.05) is 41.8 Å². The minimum atomic E-state index is -0.286. The van der Waals surface area contributed by atoms with Crippen LogP contribution in [0.4, 0.5) is 11.4 Å². The molecule has 0 aromatic heterocycles. The number of fused-ring (bicyclic) bond motifs is 2. The van der Waals surface area contributed by atoms with Crippen LogP contribution in [0.25, 0.3) is 44.5 Å². The van der Waals surface area contributed by atoms with E-state index in [4.69, 9.17) is 16.2 Å². The van der Waals surface area contributed by atoms with Crippen molar-refractivity contribution in [1.82, 2.24) is 0 Å². The first kappa shape index (κ1) is 75.4. The SMILES string of the molecule is CCCCCC1CCC(COc2c(C)cc(-c3cc(Sc4ccc(-c5ccc(C6CCC(CCCCC)CC6)cc5)cc4)c4c(c3N)C(=O)c3c(Sc5ccc(-c6ccc(C7CCC(CCCCC)CC7)cc6)cc5)cc(-c5ccc(C6CCC(CCCCC)CC6)cc5)c(N)c3C4=O)cc2C)CC1. The first-order valence-corrected chi connectivity index (χ1v) is 43.1. The molecular formula is C97H120N2O3S2. The van der Waals surface area contributed by atoms with Crippen molar-refractivity contribution in [1.29, 1.82) is 0 Å². The summed E-state index contributed by atoms with van der Waals surface area (Å²) >= 11 is 3.04. The Balaban J connectivity index is 0.831. The summed E-state index contributed by atoms with van der Waals surface area (Å²) in [5.74, 6) is 6.11. The molecule has 4 fully saturated rings. The van der Waals surface area contributed by atoms with Crippen LogP contribution in [0.15, 0.2) is 165 Å². The van der Waals surface area contributed by atoms with Crippen molar-refractivity contribution in [3.63, 3.8) is 0 Å². The molecule has 7 heteroatoms. The molecule has 8 aromatic rings. The standard InChI is InChI=1S/C97H120N2O3S2/c1-7-11-15-19-66-23-25-70(26-24-66)63-102-97-64(5)59-82(60-65(97)6)86-62-88(104-84-57-53-80(54-58-84)77-45-41-75(42-46-77)72-35-29-68(30-36-72)21-17-13-9-3)90-92(94(86)99)96(101)89-87(103-83-55-51-79(52-56-83)76-43-39-74(40-44-76)71-33-27-67(28-34-71)20-16-12-8-2)61-85(93(98)91(89)95(90)100)81-49-47-78(48-50-81)73-37-31-69(32-38-73)22-18-14-10-4/h39-62,66-73H,7-38,63,98-99H2,1-6H3. The molecule has 5 nitrogen and oxygen atoms in total. The van der Waals surface area contributed by atoms with Gasteiger partial charge in [-0.2, -0.15) is 0 Å². The number of ether oxygens (including phenoxy) is 1. The zero-order valence-corrected chi connectivity index (χ0v) is 65.6. The number of hydrogen-bond acceptors (Lipinski definition) is 7. The maximum absolute atomic E-state index is 16.4. The third-order valence-electron chi connectivity index (χ3n) is 25.5. The fourth-order valence-electron chi connectivity index (χ4n) is 19.0. The van der Waals surface area contributed by atoms with Gasteiger partial charge in [0.1, 0.15) is 5.75 Å². The summed E-state index contributed by atoms with van der Waals surface area (Å²) < 4.78 is 6.80. The Morgan fingerprint density at radius 2 is 0.625 bits per heavy atom. The van der Waals surface area contributed by atoms with Crippen molar-refractivity contribution < 1.29 is 14.3 Å². The number of unbranched alkanes of at least 4 members (excludes halogenated alkanes) is 8. The zero-order valence-electron chi connectivity index (χ0n) is 64.0. The van der Waals surface area contributed by atoms with E-state index in [0.29, 0.717) is 68.1 Å². The molecule has 13 rings (SSSR count). The Morgan fingerprint density at radius 1 is 0.337 bits per heavy atom. The number of hydrogen-bond donors (Lipinski definition) is 2. The fraction of sp³-hybridized carbons (Fsp3) is 0.485. The van der Waals surface area contributed by atoms with E-state index in [2.05, 4.69) is 187 Å². The molecule has 0 amide bonds. The number of carbonyl (C=O) groups excluding carboxylic acids is 2. The van der Waals surface area contributed by atoms with E-state index >= 15 is 9.59 Å². The molecule has 0 bridgehead atoms. The first-order chi connectivity index (χ1) is 50.8. The van der Waals surface area contributed by atoms with Gasteiger partial charge in [0.2, 0.25) is 0 Å². The number of nitrogen functional groups attached to an aromatic ring is 2. The Kier molecular flexibility index (Phi) is 26.3. The van der Waals surface area contributed by atoms with Crippen molar-refractivity contribution in [2.24, 2.45) is 29.6 Å². The second kappa shape index (κ2) is 36.2. The maximum atomic E-state index is 16.4. The van der Waals surface area contributed by atoms with Gasteiger partial charge in [0.05, 0.1) is 29.1 Å². The van der Waals surface area contributed by atoms with Crippen LogP contribution in [0.1, 0.15) is 311 Å². The summed E-state index contributed by atoms with van der Waals surface area (Å²) in [6.07, 6.45) is 41.9. The minimum Gasteiger partial charge on any atom is -0.493 e. The Hall–Kier alpha value is -6.80. The minimum absolute atomic E-state index is 0.238. The number of aryl methyl sites for hydroxylation is 2. The predicted molar refractivity (Wildman–Crippen MR) is 443 cm³/mol. The quantitative estimate of drug-likeness (QED) is 0.0342. The summed E-state index contributed by atoms with van der Waals surface area (Å²) in [7, 11) is 0. The summed E-state index contributed by atoms with van der Waals surface area (Å²) in [4.78, 5) is 36.1. The van der Waals surface area contributed by atoms with E-state index in [1.165, 1.54) is 257 Å². The van der Waals surface area contributed by atoms with Crippen LogP contribution in [0.5, 0.6) is 5.75 Å². The van der Waals surface area contributed by atoms with Gasteiger partial charge < -0.3 is 16.2 Å². The van der Waals surface area contributed by atoms with Gasteiger partial charge in [-0.15, -0.1) is 0 Å². The molecule has 5 aliphatic carbocycles. The van der Waals surface area contributed by atoms with Crippen LogP contribution in [-0.4, -0.2) is 18.2 Å². The smallest absolute Gasteiger partial charge is 0.197 e. The average Bonchev–Trinajstić information content (AvgIpc) is 0.714. The molecule has 104 heavy (non-hydrogen) atoms. The van der Waals surface area contributed by atoms with E-state index in [9.17, 15) is 0 Å². The lowest BCUT2D eigenvalue weighted by Gasteiger charge is -2.29. The van der Waals surface area contributed by atoms with Crippen LogP contribution in [0.2, 0.25) is 0 Å². The first-order valence-electron chi connectivity index (χ1n) is 41.5. The van der Waals surface area contributed by atoms with Crippen molar-refractivity contribution >= 4 is 46.5 Å². The van der Waals surface area contributed by atoms with Gasteiger partial charge in [-0.3, -0.25) is 9.59 Å². The van der Waals surface area contributed by atoms with Crippen LogP contribution >= 0.6 is 23.5 Å². The highest BCUT2D eigenvalue weighted by Crippen LogP contribution is 2.52. The molecule has 4 N–H and O–H groups in total. The van der Waals surface area contributed by atoms with Crippen molar-refractivity contribution in [2.45, 2.75) is 284 Å². The van der Waals surface area contributed by atoms with E-state index < -0.39 is 0 Å². The van der Waals surface area contributed by atoms with Gasteiger partial charge in [0.15, 0.2) is 11.6 Å². The fourth-order valence-corrected chi connectivity index (χ4v) is 21.0. The number of anilines is 2. The third kappa shape index (κ3) is 18.1. The molecule has 0 unspecified atom stereocenters. The van der Waals surface area contributed by atoms with Crippen LogP contribution in [0, 0.1) is 43.4 Å². The van der Waals surface area contributed by atoms with Gasteiger partial charge in [-0.25, -0.2) is 0 Å². The van der Waals surface area contributed by atoms with E-state index in [1.807, 2.05) is 0 Å². The van der Waals surface area contributed by atoms with Crippen LogP contribution in [-0.2, 0) is 0 Å². The second-order valence-electron chi connectivity index (χ2n) is 32.7. The van der Waals surface area contributed by atoms with Crippen LogP contribution in [0.3, 0.4) is 0 Å². The molecule has 0 aliphatic heterocycles.